The molecule has 2 N–H and O–H groups in total. The first-order valence-corrected chi connectivity index (χ1v) is 6.95. The van der Waals surface area contributed by atoms with Gasteiger partial charge in [0.05, 0.1) is 5.69 Å². The summed E-state index contributed by atoms with van der Waals surface area (Å²) in [5.41, 5.74) is 6.74. The lowest BCUT2D eigenvalue weighted by Gasteiger charge is -2.35. The topological polar surface area (TPSA) is 41.7 Å². The van der Waals surface area contributed by atoms with Crippen LogP contribution in [0.25, 0.3) is 0 Å². The van der Waals surface area contributed by atoms with Gasteiger partial charge in [0.1, 0.15) is 5.75 Å². The van der Waals surface area contributed by atoms with E-state index in [4.69, 9.17) is 10.5 Å². The maximum Gasteiger partial charge on any atom is 0.422 e. The van der Waals surface area contributed by atoms with Crippen LogP contribution in [0.15, 0.2) is 18.2 Å². The molecule has 118 valence electrons. The van der Waals surface area contributed by atoms with Crippen LogP contribution >= 0.6 is 0 Å². The third kappa shape index (κ3) is 4.42. The molecule has 0 unspecified atom stereocenters. The second-order valence-corrected chi connectivity index (χ2v) is 5.05. The summed E-state index contributed by atoms with van der Waals surface area (Å²) in [5, 5.41) is 0. The number of rotatable bonds is 4. The smallest absolute Gasteiger partial charge is 0.422 e. The van der Waals surface area contributed by atoms with Gasteiger partial charge in [0, 0.05) is 37.9 Å². The maximum atomic E-state index is 12.2. The zero-order valence-electron chi connectivity index (χ0n) is 12.0. The Bertz CT molecular complexity index is 471. The van der Waals surface area contributed by atoms with Crippen LogP contribution in [0.2, 0.25) is 0 Å². The fourth-order valence-corrected chi connectivity index (χ4v) is 2.33. The molecule has 7 heteroatoms. The van der Waals surface area contributed by atoms with Crippen LogP contribution in [0.3, 0.4) is 0 Å². The Morgan fingerprint density at radius 2 is 1.86 bits per heavy atom. The molecule has 1 aliphatic heterocycles. The standard InChI is InChI=1S/C14H20F3N3O/c1-2-19-5-7-20(8-6-19)11-3-4-12(18)13(9-11)21-10-14(15,16)17/h3-4,9H,2,5-8,10,18H2,1H3. The van der Waals surface area contributed by atoms with Crippen LogP contribution in [-0.4, -0.2) is 50.4 Å². The number of ether oxygens (including phenoxy) is 1. The highest BCUT2D eigenvalue weighted by molar-refractivity contribution is 5.62. The normalized spacial score (nSPS) is 17.0. The SMILES string of the molecule is CCN1CCN(c2ccc(N)c(OCC(F)(F)F)c2)CC1. The monoisotopic (exact) mass is 303 g/mol. The first-order valence-electron chi connectivity index (χ1n) is 6.95. The molecule has 0 radical (unpaired) electrons. The minimum absolute atomic E-state index is 0.0859. The Balaban J connectivity index is 2.04. The minimum atomic E-state index is -4.37. The number of nitrogens with two attached hydrogens (primary N) is 1. The molecule has 0 bridgehead atoms. The van der Waals surface area contributed by atoms with Crippen molar-refractivity contribution in [2.75, 3.05) is 50.0 Å². The molecule has 0 saturated carbocycles. The van der Waals surface area contributed by atoms with Crippen LogP contribution in [0, 0.1) is 0 Å². The number of likely N-dealkylation sites (N-methyl/N-ethyl adjacent to an activating group) is 1. The van der Waals surface area contributed by atoms with Crippen LogP contribution in [0.1, 0.15) is 6.92 Å². The van der Waals surface area contributed by atoms with E-state index in [9.17, 15) is 13.2 Å². The van der Waals surface area contributed by atoms with Gasteiger partial charge < -0.3 is 20.3 Å². The van der Waals surface area contributed by atoms with E-state index in [0.29, 0.717) is 0 Å². The quantitative estimate of drug-likeness (QED) is 0.867. The lowest BCUT2D eigenvalue weighted by Crippen LogP contribution is -2.46. The van der Waals surface area contributed by atoms with Crippen LogP contribution < -0.4 is 15.4 Å². The Morgan fingerprint density at radius 3 is 2.43 bits per heavy atom. The molecule has 4 nitrogen and oxygen atoms in total. The molecule has 0 spiro atoms. The van der Waals surface area contributed by atoms with E-state index in [2.05, 4.69) is 16.7 Å². The van der Waals surface area contributed by atoms with Gasteiger partial charge in [-0.25, -0.2) is 0 Å². The molecule has 1 saturated heterocycles. The zero-order chi connectivity index (χ0) is 15.5. The van der Waals surface area contributed by atoms with Crippen molar-refractivity contribution in [2.24, 2.45) is 0 Å². The molecule has 1 aromatic carbocycles. The van der Waals surface area contributed by atoms with Gasteiger partial charge in [0.15, 0.2) is 6.61 Å². The van der Waals surface area contributed by atoms with Gasteiger partial charge in [0.2, 0.25) is 0 Å². The first-order chi connectivity index (χ1) is 9.89. The molecule has 0 aliphatic carbocycles. The summed E-state index contributed by atoms with van der Waals surface area (Å²) < 4.78 is 41.5. The number of alkyl halides is 3. The zero-order valence-corrected chi connectivity index (χ0v) is 12.0. The second-order valence-electron chi connectivity index (χ2n) is 5.05. The Labute approximate surface area is 122 Å². The molecule has 1 aromatic rings. The van der Waals surface area contributed by atoms with Crippen LogP contribution in [0.5, 0.6) is 5.75 Å². The lowest BCUT2D eigenvalue weighted by molar-refractivity contribution is -0.153. The van der Waals surface area contributed by atoms with Crippen molar-refractivity contribution in [3.05, 3.63) is 18.2 Å². The summed E-state index contributed by atoms with van der Waals surface area (Å²) >= 11 is 0. The van der Waals surface area contributed by atoms with Crippen molar-refractivity contribution in [2.45, 2.75) is 13.1 Å². The molecule has 2 rings (SSSR count). The number of nitrogen functional groups attached to an aromatic ring is 1. The van der Waals surface area contributed by atoms with E-state index in [1.807, 2.05) is 6.07 Å². The highest BCUT2D eigenvalue weighted by atomic mass is 19.4. The number of halogens is 3. The second kappa shape index (κ2) is 6.43. The van der Waals surface area contributed by atoms with Crippen molar-refractivity contribution < 1.29 is 17.9 Å². The summed E-state index contributed by atoms with van der Waals surface area (Å²) in [6, 6.07) is 4.99. The number of hydrogen-bond donors (Lipinski definition) is 1. The number of piperazine rings is 1. The van der Waals surface area contributed by atoms with Crippen LogP contribution in [-0.2, 0) is 0 Å². The average molecular weight is 303 g/mol. The Kier molecular flexibility index (Phi) is 4.82. The molecule has 0 atom stereocenters. The number of hydrogen-bond acceptors (Lipinski definition) is 4. The maximum absolute atomic E-state index is 12.2. The highest BCUT2D eigenvalue weighted by Crippen LogP contribution is 2.29. The molecule has 21 heavy (non-hydrogen) atoms. The van der Waals surface area contributed by atoms with E-state index in [1.54, 1.807) is 12.1 Å². The molecule has 1 aliphatic rings. The molecule has 1 fully saturated rings. The third-order valence-electron chi connectivity index (χ3n) is 3.57. The number of benzene rings is 1. The van der Waals surface area contributed by atoms with E-state index >= 15 is 0 Å². The van der Waals surface area contributed by atoms with Gasteiger partial charge in [-0.05, 0) is 18.7 Å². The predicted molar refractivity (Wildman–Crippen MR) is 76.7 cm³/mol. The predicted octanol–water partition coefficient (Wildman–Crippen LogP) is 2.35. The van der Waals surface area contributed by atoms with Gasteiger partial charge in [0.25, 0.3) is 0 Å². The molecular weight excluding hydrogens is 283 g/mol. The minimum Gasteiger partial charge on any atom is -0.482 e. The van der Waals surface area contributed by atoms with Gasteiger partial charge in [-0.1, -0.05) is 6.92 Å². The molecule has 0 amide bonds. The van der Waals surface area contributed by atoms with Crippen molar-refractivity contribution in [3.63, 3.8) is 0 Å². The summed E-state index contributed by atoms with van der Waals surface area (Å²) in [4.78, 5) is 4.46. The largest absolute Gasteiger partial charge is 0.482 e. The number of anilines is 2. The van der Waals surface area contributed by atoms with Gasteiger partial charge >= 0.3 is 6.18 Å². The number of nitrogens with zero attached hydrogens (tertiary/aromatic N) is 2. The first kappa shape index (κ1) is 15.8. The fraction of sp³-hybridized carbons (Fsp3) is 0.571. The highest BCUT2D eigenvalue weighted by Gasteiger charge is 2.29. The van der Waals surface area contributed by atoms with Gasteiger partial charge in [-0.3, -0.25) is 0 Å². The fourth-order valence-electron chi connectivity index (χ4n) is 2.33. The van der Waals surface area contributed by atoms with Gasteiger partial charge in [-0.2, -0.15) is 13.2 Å². The summed E-state index contributed by atoms with van der Waals surface area (Å²) in [6.07, 6.45) is -4.37. The van der Waals surface area contributed by atoms with Crippen LogP contribution in [0.4, 0.5) is 24.5 Å². The Morgan fingerprint density at radius 1 is 1.19 bits per heavy atom. The Hall–Kier alpha value is -1.63. The van der Waals surface area contributed by atoms with Crippen molar-refractivity contribution >= 4 is 11.4 Å². The molecule has 0 aromatic heterocycles. The van der Waals surface area contributed by atoms with Crippen molar-refractivity contribution in [3.8, 4) is 5.75 Å². The third-order valence-corrected chi connectivity index (χ3v) is 3.57. The summed E-state index contributed by atoms with van der Waals surface area (Å²) in [7, 11) is 0. The molecule has 1 heterocycles. The van der Waals surface area contributed by atoms with E-state index in [0.717, 1.165) is 38.4 Å². The van der Waals surface area contributed by atoms with Crippen molar-refractivity contribution in [1.29, 1.82) is 0 Å². The van der Waals surface area contributed by atoms with E-state index in [1.165, 1.54) is 0 Å². The summed E-state index contributed by atoms with van der Waals surface area (Å²) in [6.45, 7) is 5.37. The van der Waals surface area contributed by atoms with E-state index in [-0.39, 0.29) is 11.4 Å². The molecular formula is C14H20F3N3O. The van der Waals surface area contributed by atoms with E-state index < -0.39 is 12.8 Å². The average Bonchev–Trinajstić information content (AvgIpc) is 2.46. The lowest BCUT2D eigenvalue weighted by atomic mass is 10.2. The summed E-state index contributed by atoms with van der Waals surface area (Å²) in [5.74, 6) is 0.0859. The van der Waals surface area contributed by atoms with Crippen molar-refractivity contribution in [1.82, 2.24) is 4.90 Å². The van der Waals surface area contributed by atoms with Gasteiger partial charge in [-0.15, -0.1) is 0 Å².